The maximum Gasteiger partial charge on any atom is 0.191 e. The van der Waals surface area contributed by atoms with Gasteiger partial charge in [-0.15, -0.1) is 0 Å². The molecule has 0 aliphatic rings. The molecular weight excluding hydrogens is 358 g/mol. The van der Waals surface area contributed by atoms with Crippen molar-refractivity contribution in [2.24, 2.45) is 4.99 Å². The van der Waals surface area contributed by atoms with E-state index in [-0.39, 0.29) is 0 Å². The number of aliphatic imine (C=N–C) groups is 1. The lowest BCUT2D eigenvalue weighted by atomic mass is 10.0. The van der Waals surface area contributed by atoms with Gasteiger partial charge in [0.15, 0.2) is 5.96 Å². The topological polar surface area (TPSA) is 54.2 Å². The van der Waals surface area contributed by atoms with Crippen molar-refractivity contribution >= 4 is 5.96 Å². The summed E-state index contributed by atoms with van der Waals surface area (Å²) in [7, 11) is 1.81. The second-order valence-electron chi connectivity index (χ2n) is 7.40. The lowest BCUT2D eigenvalue weighted by Gasteiger charge is -2.17. The molecule has 1 aromatic heterocycles. The second kappa shape index (κ2) is 10.5. The molecule has 29 heavy (non-hydrogen) atoms. The largest absolute Gasteiger partial charge is 0.356 e. The van der Waals surface area contributed by atoms with Crippen LogP contribution < -0.4 is 10.6 Å². The van der Waals surface area contributed by atoms with Crippen molar-refractivity contribution in [1.82, 2.24) is 20.2 Å². The average molecular weight is 390 g/mol. The van der Waals surface area contributed by atoms with Gasteiger partial charge in [0, 0.05) is 45.5 Å². The highest BCUT2D eigenvalue weighted by Gasteiger charge is 2.08. The number of guanidine groups is 1. The summed E-state index contributed by atoms with van der Waals surface area (Å²) in [5, 5.41) is 6.83. The molecule has 0 saturated heterocycles. The van der Waals surface area contributed by atoms with Crippen LogP contribution >= 0.6 is 0 Å². The number of hydrogen-bond donors (Lipinski definition) is 2. The zero-order valence-electron chi connectivity index (χ0n) is 17.6. The van der Waals surface area contributed by atoms with E-state index >= 15 is 0 Å². The molecule has 0 radical (unpaired) electrons. The molecule has 0 bridgehead atoms. The molecule has 0 aliphatic heterocycles. The lowest BCUT2D eigenvalue weighted by Crippen LogP contribution is -2.40. The predicted octanol–water partition coefficient (Wildman–Crippen LogP) is 3.75. The Kier molecular flexibility index (Phi) is 7.45. The summed E-state index contributed by atoms with van der Waals surface area (Å²) < 4.78 is 2.20. The van der Waals surface area contributed by atoms with E-state index in [4.69, 9.17) is 0 Å². The number of rotatable bonds is 8. The minimum atomic E-state index is 0.416. The highest BCUT2D eigenvalue weighted by atomic mass is 15.2. The van der Waals surface area contributed by atoms with Crippen molar-refractivity contribution in [2.45, 2.75) is 32.7 Å². The van der Waals surface area contributed by atoms with Crippen LogP contribution in [-0.2, 0) is 13.0 Å². The van der Waals surface area contributed by atoms with Crippen LogP contribution in [0.4, 0.5) is 0 Å². The number of nitrogens with zero attached hydrogens (tertiary/aromatic N) is 3. The first-order valence-corrected chi connectivity index (χ1v) is 10.2. The van der Waals surface area contributed by atoms with Crippen LogP contribution in [0.25, 0.3) is 0 Å². The van der Waals surface area contributed by atoms with Crippen LogP contribution in [0.3, 0.4) is 0 Å². The minimum absolute atomic E-state index is 0.416. The zero-order chi connectivity index (χ0) is 20.5. The third-order valence-corrected chi connectivity index (χ3v) is 5.08. The van der Waals surface area contributed by atoms with Crippen molar-refractivity contribution in [3.05, 3.63) is 89.5 Å². The number of aryl methyl sites for hydroxylation is 1. The summed E-state index contributed by atoms with van der Waals surface area (Å²) in [6.45, 7) is 6.81. The Morgan fingerprint density at radius 2 is 1.83 bits per heavy atom. The Hall–Kier alpha value is -3.08. The Labute approximate surface area is 173 Å². The van der Waals surface area contributed by atoms with Crippen LogP contribution in [0.1, 0.15) is 35.4 Å². The van der Waals surface area contributed by atoms with E-state index in [9.17, 15) is 0 Å². The quantitative estimate of drug-likeness (QED) is 0.456. The highest BCUT2D eigenvalue weighted by Crippen LogP contribution is 2.14. The van der Waals surface area contributed by atoms with Gasteiger partial charge in [0.05, 0.1) is 0 Å². The summed E-state index contributed by atoms with van der Waals surface area (Å²) in [5.74, 6) is 2.31. The molecule has 0 fully saturated rings. The molecule has 152 valence electrons. The molecule has 5 nitrogen and oxygen atoms in total. The first kappa shape index (κ1) is 20.6. The SMILES string of the molecule is CN=C(NCCc1nccn1Cc1ccccc1)NCC(C)c1ccc(C)cc1. The Morgan fingerprint density at radius 1 is 1.07 bits per heavy atom. The van der Waals surface area contributed by atoms with E-state index < -0.39 is 0 Å². The summed E-state index contributed by atoms with van der Waals surface area (Å²) in [6, 6.07) is 19.2. The van der Waals surface area contributed by atoms with Crippen molar-refractivity contribution in [1.29, 1.82) is 0 Å². The fourth-order valence-electron chi connectivity index (χ4n) is 3.27. The third kappa shape index (κ3) is 6.21. The van der Waals surface area contributed by atoms with E-state index in [1.165, 1.54) is 16.7 Å². The van der Waals surface area contributed by atoms with Gasteiger partial charge in [-0.05, 0) is 24.0 Å². The molecular formula is C24H31N5. The summed E-state index contributed by atoms with van der Waals surface area (Å²) in [6.07, 6.45) is 4.75. The monoisotopic (exact) mass is 389 g/mol. The van der Waals surface area contributed by atoms with Crippen molar-refractivity contribution in [2.75, 3.05) is 20.1 Å². The van der Waals surface area contributed by atoms with Gasteiger partial charge in [-0.1, -0.05) is 67.1 Å². The van der Waals surface area contributed by atoms with Crippen molar-refractivity contribution < 1.29 is 0 Å². The Bertz CT molecular complexity index is 897. The molecule has 0 aliphatic carbocycles. The normalized spacial score (nSPS) is 12.6. The number of aromatic nitrogens is 2. The van der Waals surface area contributed by atoms with Crippen molar-refractivity contribution in [3.63, 3.8) is 0 Å². The molecule has 3 rings (SSSR count). The van der Waals surface area contributed by atoms with Gasteiger partial charge in [0.2, 0.25) is 0 Å². The molecule has 1 unspecified atom stereocenters. The van der Waals surface area contributed by atoms with Crippen LogP contribution in [0.5, 0.6) is 0 Å². The molecule has 1 heterocycles. The lowest BCUT2D eigenvalue weighted by molar-refractivity contribution is 0.677. The van der Waals surface area contributed by atoms with Gasteiger partial charge in [-0.2, -0.15) is 0 Å². The molecule has 3 aromatic rings. The molecule has 0 saturated carbocycles. The van der Waals surface area contributed by atoms with Gasteiger partial charge in [0.25, 0.3) is 0 Å². The molecule has 2 N–H and O–H groups in total. The van der Waals surface area contributed by atoms with E-state index in [0.717, 1.165) is 37.8 Å². The van der Waals surface area contributed by atoms with E-state index in [2.05, 4.69) is 87.6 Å². The number of hydrogen-bond acceptors (Lipinski definition) is 2. The summed E-state index contributed by atoms with van der Waals surface area (Å²) in [4.78, 5) is 8.86. The van der Waals surface area contributed by atoms with Gasteiger partial charge in [0.1, 0.15) is 5.82 Å². The van der Waals surface area contributed by atoms with Crippen LogP contribution in [0.15, 0.2) is 72.0 Å². The second-order valence-corrected chi connectivity index (χ2v) is 7.40. The minimum Gasteiger partial charge on any atom is -0.356 e. The summed E-state index contributed by atoms with van der Waals surface area (Å²) in [5.41, 5.74) is 3.90. The molecule has 0 spiro atoms. The van der Waals surface area contributed by atoms with Crippen molar-refractivity contribution in [3.8, 4) is 0 Å². The van der Waals surface area contributed by atoms with Gasteiger partial charge >= 0.3 is 0 Å². The number of nitrogens with one attached hydrogen (secondary N) is 2. The Morgan fingerprint density at radius 3 is 2.55 bits per heavy atom. The summed E-state index contributed by atoms with van der Waals surface area (Å²) >= 11 is 0. The van der Waals surface area contributed by atoms with Gasteiger partial charge < -0.3 is 15.2 Å². The van der Waals surface area contributed by atoms with Crippen LogP contribution in [0, 0.1) is 6.92 Å². The molecule has 0 amide bonds. The maximum atomic E-state index is 4.52. The van der Waals surface area contributed by atoms with E-state index in [0.29, 0.717) is 5.92 Å². The first-order valence-electron chi connectivity index (χ1n) is 10.2. The standard InChI is InChI=1S/C24H31N5/c1-19-9-11-22(12-10-19)20(2)17-28-24(25-3)27-14-13-23-26-15-16-29(23)18-21-7-5-4-6-8-21/h4-12,15-16,20H,13-14,17-18H2,1-3H3,(H2,25,27,28). The van der Waals surface area contributed by atoms with Crippen LogP contribution in [-0.4, -0.2) is 35.6 Å². The maximum absolute atomic E-state index is 4.52. The average Bonchev–Trinajstić information content (AvgIpc) is 3.18. The highest BCUT2D eigenvalue weighted by molar-refractivity contribution is 5.79. The number of benzene rings is 2. The van der Waals surface area contributed by atoms with Crippen LogP contribution in [0.2, 0.25) is 0 Å². The molecule has 1 atom stereocenters. The van der Waals surface area contributed by atoms with Gasteiger partial charge in [-0.25, -0.2) is 4.98 Å². The van der Waals surface area contributed by atoms with Gasteiger partial charge in [-0.3, -0.25) is 4.99 Å². The Balaban J connectivity index is 1.46. The third-order valence-electron chi connectivity index (χ3n) is 5.08. The number of imidazole rings is 1. The zero-order valence-corrected chi connectivity index (χ0v) is 17.6. The predicted molar refractivity (Wildman–Crippen MR) is 120 cm³/mol. The fourth-order valence-corrected chi connectivity index (χ4v) is 3.27. The van der Waals surface area contributed by atoms with E-state index in [1.54, 1.807) is 0 Å². The molecule has 2 aromatic carbocycles. The molecule has 5 heteroatoms. The van der Waals surface area contributed by atoms with E-state index in [1.807, 2.05) is 25.5 Å². The fraction of sp³-hybridized carbons (Fsp3) is 0.333. The first-order chi connectivity index (χ1) is 14.2. The smallest absolute Gasteiger partial charge is 0.191 e.